The van der Waals surface area contributed by atoms with E-state index in [-0.39, 0.29) is 29.8 Å². The fraction of sp³-hybridized carbons (Fsp3) is 0.357. The highest BCUT2D eigenvalue weighted by molar-refractivity contribution is 7.89. The van der Waals surface area contributed by atoms with Gasteiger partial charge in [0.15, 0.2) is 0 Å². The van der Waals surface area contributed by atoms with Crippen molar-refractivity contribution >= 4 is 66.2 Å². The number of sulfonamides is 1. The highest BCUT2D eigenvalue weighted by Crippen LogP contribution is 2.46. The van der Waals surface area contributed by atoms with Gasteiger partial charge in [0.25, 0.3) is 0 Å². The van der Waals surface area contributed by atoms with Crippen molar-refractivity contribution < 1.29 is 17.6 Å². The Morgan fingerprint density at radius 1 is 1.12 bits per heavy atom. The Morgan fingerprint density at radius 3 is 2.65 bits per heavy atom. The molecule has 0 aliphatic carbocycles. The zero-order valence-corrected chi connectivity index (χ0v) is 25.2. The number of hydrogen-bond donors (Lipinski definition) is 1. The number of carbonyl (C=O) groups is 1. The number of thiophene rings is 1. The minimum atomic E-state index is -3.95. The third-order valence-electron chi connectivity index (χ3n) is 7.35. The lowest BCUT2D eigenvalue weighted by molar-refractivity contribution is -0.119. The van der Waals surface area contributed by atoms with Crippen molar-refractivity contribution in [3.63, 3.8) is 0 Å². The molecule has 0 radical (unpaired) electrons. The number of benzene rings is 2. The number of fused-ring (bicyclic) bond motifs is 2. The molecule has 1 amide bonds. The number of para-hydroxylation sites is 1. The molecule has 1 atom stereocenters. The van der Waals surface area contributed by atoms with Crippen LogP contribution in [-0.4, -0.2) is 54.2 Å². The lowest BCUT2D eigenvalue weighted by Crippen LogP contribution is -2.43. The molecular weight excluding hydrogens is 591 g/mol. The molecule has 1 unspecified atom stereocenters. The Hall–Kier alpha value is -2.41. The van der Waals surface area contributed by atoms with E-state index in [9.17, 15) is 17.6 Å². The smallest absolute Gasteiger partial charge is 0.243 e. The van der Waals surface area contributed by atoms with Gasteiger partial charge in [-0.05, 0) is 74.2 Å². The molecule has 1 saturated heterocycles. The second-order valence-corrected chi connectivity index (χ2v) is 14.0. The SMILES string of the molecule is CCCN1CCc2c(sc(NC(=O)C3CCCN3S(=O)(=O)c3ccc(F)cc3)c2-c2nc3ccccc3s2)C1.Cl. The van der Waals surface area contributed by atoms with Crippen molar-refractivity contribution in [2.24, 2.45) is 0 Å². The first-order valence-corrected chi connectivity index (χ1v) is 16.2. The van der Waals surface area contributed by atoms with Gasteiger partial charge in [-0.25, -0.2) is 17.8 Å². The number of halogens is 2. The van der Waals surface area contributed by atoms with Crippen LogP contribution in [0, 0.1) is 5.82 Å². The van der Waals surface area contributed by atoms with E-state index in [1.807, 2.05) is 24.3 Å². The fourth-order valence-corrected chi connectivity index (χ4v) is 9.54. The number of nitrogens with one attached hydrogen (secondary N) is 1. The molecule has 2 aliphatic rings. The van der Waals surface area contributed by atoms with Gasteiger partial charge in [0, 0.05) is 30.1 Å². The minimum absolute atomic E-state index is 0. The Labute approximate surface area is 247 Å². The van der Waals surface area contributed by atoms with E-state index in [1.54, 1.807) is 22.7 Å². The summed E-state index contributed by atoms with van der Waals surface area (Å²) in [6.07, 6.45) is 2.96. The highest BCUT2D eigenvalue weighted by Gasteiger charge is 2.40. The number of carbonyl (C=O) groups excluding carboxylic acids is 1. The third kappa shape index (κ3) is 5.43. The zero-order valence-electron chi connectivity index (χ0n) is 21.9. The van der Waals surface area contributed by atoms with Gasteiger partial charge in [-0.3, -0.25) is 9.69 Å². The van der Waals surface area contributed by atoms with Crippen LogP contribution in [0.25, 0.3) is 20.8 Å². The van der Waals surface area contributed by atoms with Crippen LogP contribution in [0.1, 0.15) is 36.6 Å². The topological polar surface area (TPSA) is 82.6 Å². The van der Waals surface area contributed by atoms with Crippen molar-refractivity contribution in [2.75, 3.05) is 25.0 Å². The molecule has 2 aromatic carbocycles. The van der Waals surface area contributed by atoms with Crippen LogP contribution < -0.4 is 5.32 Å². The second kappa shape index (κ2) is 11.8. The predicted molar refractivity (Wildman–Crippen MR) is 161 cm³/mol. The van der Waals surface area contributed by atoms with Crippen LogP contribution in [0.5, 0.6) is 0 Å². The number of aromatic nitrogens is 1. The van der Waals surface area contributed by atoms with Gasteiger partial charge < -0.3 is 5.32 Å². The number of anilines is 1. The van der Waals surface area contributed by atoms with Crippen LogP contribution in [0.2, 0.25) is 0 Å². The lowest BCUT2D eigenvalue weighted by atomic mass is 10.0. The average molecular weight is 621 g/mol. The number of nitrogens with zero attached hydrogens (tertiary/aromatic N) is 3. The number of hydrogen-bond acceptors (Lipinski definition) is 7. The summed E-state index contributed by atoms with van der Waals surface area (Å²) in [5, 5.41) is 4.72. The van der Waals surface area contributed by atoms with E-state index in [4.69, 9.17) is 4.98 Å². The quantitative estimate of drug-likeness (QED) is 0.268. The Balaban J connectivity index is 0.00000323. The normalized spacial score (nSPS) is 18.0. The molecule has 0 spiro atoms. The molecule has 4 aromatic rings. The van der Waals surface area contributed by atoms with Gasteiger partial charge in [0.1, 0.15) is 21.9 Å². The van der Waals surface area contributed by atoms with Crippen LogP contribution in [0.3, 0.4) is 0 Å². The van der Waals surface area contributed by atoms with Crippen molar-refractivity contribution in [2.45, 2.75) is 50.1 Å². The molecule has 7 nitrogen and oxygen atoms in total. The third-order valence-corrected chi connectivity index (χ3v) is 11.5. The first-order chi connectivity index (χ1) is 18.8. The molecular formula is C28H30ClFN4O3S3. The molecule has 212 valence electrons. The van der Waals surface area contributed by atoms with Crippen molar-refractivity contribution in [1.82, 2.24) is 14.2 Å². The predicted octanol–water partition coefficient (Wildman–Crippen LogP) is 6.15. The zero-order chi connectivity index (χ0) is 27.1. The summed E-state index contributed by atoms with van der Waals surface area (Å²) in [4.78, 5) is 22.2. The summed E-state index contributed by atoms with van der Waals surface area (Å²) in [6.45, 7) is 5.23. The molecule has 2 aliphatic heterocycles. The van der Waals surface area contributed by atoms with E-state index in [0.29, 0.717) is 12.8 Å². The molecule has 0 bridgehead atoms. The molecule has 6 rings (SSSR count). The maximum absolute atomic E-state index is 13.7. The van der Waals surface area contributed by atoms with E-state index in [0.717, 1.165) is 70.4 Å². The molecule has 4 heterocycles. The number of thiazole rings is 1. The van der Waals surface area contributed by atoms with Gasteiger partial charge in [-0.15, -0.1) is 35.1 Å². The van der Waals surface area contributed by atoms with Crippen LogP contribution in [-0.2, 0) is 27.8 Å². The largest absolute Gasteiger partial charge is 0.316 e. The Bertz CT molecular complexity index is 1610. The summed E-state index contributed by atoms with van der Waals surface area (Å²) in [6, 6.07) is 11.9. The summed E-state index contributed by atoms with van der Waals surface area (Å²) in [7, 11) is -3.95. The minimum Gasteiger partial charge on any atom is -0.316 e. The molecule has 1 N–H and O–H groups in total. The van der Waals surface area contributed by atoms with Gasteiger partial charge in [-0.1, -0.05) is 19.1 Å². The maximum atomic E-state index is 13.7. The monoisotopic (exact) mass is 620 g/mol. The fourth-order valence-electron chi connectivity index (χ4n) is 5.48. The maximum Gasteiger partial charge on any atom is 0.243 e. The first kappa shape index (κ1) is 29.1. The van der Waals surface area contributed by atoms with Crippen LogP contribution in [0.4, 0.5) is 9.39 Å². The van der Waals surface area contributed by atoms with Crippen molar-refractivity contribution in [3.05, 3.63) is 64.8 Å². The van der Waals surface area contributed by atoms with Crippen molar-refractivity contribution in [3.8, 4) is 10.6 Å². The summed E-state index contributed by atoms with van der Waals surface area (Å²) < 4.78 is 42.5. The van der Waals surface area contributed by atoms with Gasteiger partial charge in [0.2, 0.25) is 15.9 Å². The van der Waals surface area contributed by atoms with Crippen molar-refractivity contribution in [1.29, 1.82) is 0 Å². The molecule has 40 heavy (non-hydrogen) atoms. The van der Waals surface area contributed by atoms with Gasteiger partial charge in [-0.2, -0.15) is 4.31 Å². The molecule has 2 aromatic heterocycles. The van der Waals surface area contributed by atoms with Gasteiger partial charge in [0.05, 0.1) is 15.1 Å². The van der Waals surface area contributed by atoms with Gasteiger partial charge >= 0.3 is 0 Å². The lowest BCUT2D eigenvalue weighted by Gasteiger charge is -2.26. The first-order valence-electron chi connectivity index (χ1n) is 13.2. The highest BCUT2D eigenvalue weighted by atomic mass is 35.5. The standard InChI is InChI=1S/C28H29FN4O3S3.ClH/c1-2-14-32-16-13-20-24(17-32)38-28(25(20)27-30-21-6-3-4-8-23(21)37-27)31-26(34)22-7-5-15-33(22)39(35,36)19-11-9-18(29)10-12-19;/h3-4,6,8-12,22H,2,5,7,13-17H2,1H3,(H,31,34);1H. The summed E-state index contributed by atoms with van der Waals surface area (Å²) >= 11 is 3.18. The van der Waals surface area contributed by atoms with Crippen LogP contribution >= 0.6 is 35.1 Å². The van der Waals surface area contributed by atoms with E-state index in [1.165, 1.54) is 26.9 Å². The molecule has 1 fully saturated rings. The van der Waals surface area contributed by atoms with E-state index < -0.39 is 21.9 Å². The Kier molecular flexibility index (Phi) is 8.61. The van der Waals surface area contributed by atoms with Crippen LogP contribution in [0.15, 0.2) is 53.4 Å². The second-order valence-electron chi connectivity index (χ2n) is 9.94. The van der Waals surface area contributed by atoms with E-state index in [2.05, 4.69) is 17.1 Å². The number of amides is 1. The Morgan fingerprint density at radius 2 is 1.90 bits per heavy atom. The summed E-state index contributed by atoms with van der Waals surface area (Å²) in [5.41, 5.74) is 3.11. The van der Waals surface area contributed by atoms with E-state index >= 15 is 0 Å². The average Bonchev–Trinajstić information content (AvgIpc) is 3.65. The number of rotatable bonds is 7. The molecule has 12 heteroatoms. The summed E-state index contributed by atoms with van der Waals surface area (Å²) in [5.74, 6) is -0.851. The molecule has 0 saturated carbocycles.